The molecule has 0 radical (unpaired) electrons. The molecule has 4 aromatic rings. The summed E-state index contributed by atoms with van der Waals surface area (Å²) in [5.41, 5.74) is 8.18. The van der Waals surface area contributed by atoms with Crippen molar-refractivity contribution in [2.24, 2.45) is 5.10 Å². The number of hydrazone groups is 1. The van der Waals surface area contributed by atoms with Crippen molar-refractivity contribution in [2.75, 3.05) is 5.43 Å². The summed E-state index contributed by atoms with van der Waals surface area (Å²) in [5.74, 6) is 0.726. The van der Waals surface area contributed by atoms with Gasteiger partial charge >= 0.3 is 0 Å². The lowest BCUT2D eigenvalue weighted by Gasteiger charge is -2.10. The number of aromatic nitrogens is 2. The molecule has 6 nitrogen and oxygen atoms in total. The highest BCUT2D eigenvalue weighted by Gasteiger charge is 2.10. The molecule has 0 unspecified atom stereocenters. The molecule has 0 spiro atoms. The molecule has 0 atom stereocenters. The van der Waals surface area contributed by atoms with Crippen molar-refractivity contribution < 1.29 is 10.2 Å². The highest BCUT2D eigenvalue weighted by molar-refractivity contribution is 6.01. The fraction of sp³-hybridized carbons (Fsp3) is 0.0800. The van der Waals surface area contributed by atoms with Crippen LogP contribution in [0.4, 0.5) is 5.95 Å². The molecule has 0 amide bonds. The van der Waals surface area contributed by atoms with E-state index in [1.807, 2.05) is 61.5 Å². The fourth-order valence-electron chi connectivity index (χ4n) is 3.19. The van der Waals surface area contributed by atoms with Crippen LogP contribution in [0.3, 0.4) is 0 Å². The van der Waals surface area contributed by atoms with E-state index in [1.165, 1.54) is 0 Å². The summed E-state index contributed by atoms with van der Waals surface area (Å²) in [6.45, 7) is 3.64. The van der Waals surface area contributed by atoms with Gasteiger partial charge in [-0.2, -0.15) is 5.10 Å². The molecule has 1 aromatic heterocycles. The maximum Gasteiger partial charge on any atom is 0.244 e. The predicted octanol–water partition coefficient (Wildman–Crippen LogP) is 5.37. The monoisotopic (exact) mass is 410 g/mol. The molecule has 0 aliphatic rings. The van der Waals surface area contributed by atoms with Gasteiger partial charge in [0, 0.05) is 16.7 Å². The standard InChI is InChI=1S/C25H22N4O2/c1-16-14-19(12-13-23(16)30)22-15-21(18-8-4-3-5-9-18)26-25(27-22)29-28-17(2)20-10-6-7-11-24(20)31/h3-15,30-31H,1-2H3,(H,26,27,29)/b28-17+. The summed E-state index contributed by atoms with van der Waals surface area (Å²) in [6.07, 6.45) is 0. The molecule has 0 saturated heterocycles. The Hall–Kier alpha value is -4.19. The van der Waals surface area contributed by atoms with Crippen molar-refractivity contribution in [1.29, 1.82) is 0 Å². The third-order valence-corrected chi connectivity index (χ3v) is 4.91. The van der Waals surface area contributed by atoms with Crippen molar-refractivity contribution >= 4 is 11.7 Å². The molecular weight excluding hydrogens is 388 g/mol. The van der Waals surface area contributed by atoms with E-state index >= 15 is 0 Å². The maximum atomic E-state index is 10.1. The minimum absolute atomic E-state index is 0.157. The van der Waals surface area contributed by atoms with Crippen molar-refractivity contribution in [3.63, 3.8) is 0 Å². The number of aromatic hydroxyl groups is 2. The van der Waals surface area contributed by atoms with Crippen LogP contribution in [0.1, 0.15) is 18.1 Å². The Kier molecular flexibility index (Phi) is 5.62. The number of aryl methyl sites for hydroxylation is 1. The van der Waals surface area contributed by atoms with E-state index in [0.717, 1.165) is 22.4 Å². The van der Waals surface area contributed by atoms with Gasteiger partial charge in [0.2, 0.25) is 5.95 Å². The van der Waals surface area contributed by atoms with Crippen LogP contribution in [-0.2, 0) is 0 Å². The molecule has 0 aliphatic heterocycles. The molecule has 0 saturated carbocycles. The molecule has 6 heteroatoms. The third kappa shape index (κ3) is 4.53. The molecule has 3 aromatic carbocycles. The van der Waals surface area contributed by atoms with E-state index in [0.29, 0.717) is 22.9 Å². The molecule has 1 heterocycles. The summed E-state index contributed by atoms with van der Waals surface area (Å²) >= 11 is 0. The highest BCUT2D eigenvalue weighted by atomic mass is 16.3. The van der Waals surface area contributed by atoms with Crippen molar-refractivity contribution in [3.05, 3.63) is 90.0 Å². The molecule has 4 rings (SSSR count). The minimum atomic E-state index is 0.157. The van der Waals surface area contributed by atoms with E-state index in [1.54, 1.807) is 31.2 Å². The first-order chi connectivity index (χ1) is 15.0. The Labute approximate surface area is 180 Å². The van der Waals surface area contributed by atoms with Crippen LogP contribution in [0, 0.1) is 6.92 Å². The minimum Gasteiger partial charge on any atom is -0.508 e. The lowest BCUT2D eigenvalue weighted by molar-refractivity contribution is 0.471. The van der Waals surface area contributed by atoms with Gasteiger partial charge in [0.25, 0.3) is 0 Å². The van der Waals surface area contributed by atoms with Gasteiger partial charge in [0.05, 0.1) is 17.1 Å². The molecule has 3 N–H and O–H groups in total. The molecule has 0 bridgehead atoms. The Balaban J connectivity index is 1.75. The van der Waals surface area contributed by atoms with Gasteiger partial charge in [-0.15, -0.1) is 0 Å². The van der Waals surface area contributed by atoms with Gasteiger partial charge in [-0.1, -0.05) is 42.5 Å². The zero-order valence-corrected chi connectivity index (χ0v) is 17.2. The highest BCUT2D eigenvalue weighted by Crippen LogP contribution is 2.28. The van der Waals surface area contributed by atoms with Gasteiger partial charge in [-0.25, -0.2) is 15.4 Å². The average molecular weight is 410 g/mol. The number of rotatable bonds is 5. The van der Waals surface area contributed by atoms with E-state index < -0.39 is 0 Å². The normalized spacial score (nSPS) is 11.4. The number of phenols is 2. The van der Waals surface area contributed by atoms with E-state index in [2.05, 4.69) is 20.5 Å². The van der Waals surface area contributed by atoms with Gasteiger partial charge in [0.1, 0.15) is 11.5 Å². The molecular formula is C25H22N4O2. The SMILES string of the molecule is C/C(=N\Nc1nc(-c2ccccc2)cc(-c2ccc(O)c(C)c2)n1)c1ccccc1O. The van der Waals surface area contributed by atoms with Crippen LogP contribution < -0.4 is 5.43 Å². The Morgan fingerprint density at radius 3 is 2.16 bits per heavy atom. The number of hydrogen-bond acceptors (Lipinski definition) is 6. The Morgan fingerprint density at radius 2 is 1.45 bits per heavy atom. The summed E-state index contributed by atoms with van der Waals surface area (Å²) in [5, 5.41) is 24.3. The second kappa shape index (κ2) is 8.67. The zero-order valence-electron chi connectivity index (χ0n) is 17.2. The predicted molar refractivity (Wildman–Crippen MR) is 123 cm³/mol. The number of nitrogens with one attached hydrogen (secondary N) is 1. The molecule has 154 valence electrons. The smallest absolute Gasteiger partial charge is 0.244 e. The number of anilines is 1. The fourth-order valence-corrected chi connectivity index (χ4v) is 3.19. The van der Waals surface area contributed by atoms with Crippen LogP contribution in [-0.4, -0.2) is 25.9 Å². The number of nitrogens with zero attached hydrogens (tertiary/aromatic N) is 3. The summed E-state index contributed by atoms with van der Waals surface area (Å²) in [4.78, 5) is 9.23. The van der Waals surface area contributed by atoms with Gasteiger partial charge < -0.3 is 10.2 Å². The Morgan fingerprint density at radius 1 is 0.774 bits per heavy atom. The number of phenolic OH excluding ortho intramolecular Hbond substituents is 2. The average Bonchev–Trinajstić information content (AvgIpc) is 2.80. The van der Waals surface area contributed by atoms with Crippen LogP contribution in [0.5, 0.6) is 11.5 Å². The van der Waals surface area contributed by atoms with E-state index in [-0.39, 0.29) is 11.5 Å². The second-order valence-corrected chi connectivity index (χ2v) is 7.16. The van der Waals surface area contributed by atoms with Crippen molar-refractivity contribution in [3.8, 4) is 34.0 Å². The first-order valence-electron chi connectivity index (χ1n) is 9.84. The third-order valence-electron chi connectivity index (χ3n) is 4.91. The summed E-state index contributed by atoms with van der Waals surface area (Å²) in [7, 11) is 0. The number of hydrogen-bond donors (Lipinski definition) is 3. The quantitative estimate of drug-likeness (QED) is 0.304. The molecule has 0 fully saturated rings. The maximum absolute atomic E-state index is 10.1. The first kappa shape index (κ1) is 20.1. The van der Waals surface area contributed by atoms with Crippen LogP contribution in [0.2, 0.25) is 0 Å². The van der Waals surface area contributed by atoms with Crippen LogP contribution >= 0.6 is 0 Å². The van der Waals surface area contributed by atoms with Gasteiger partial charge in [-0.05, 0) is 55.8 Å². The number of benzene rings is 3. The first-order valence-corrected chi connectivity index (χ1v) is 9.84. The molecule has 31 heavy (non-hydrogen) atoms. The van der Waals surface area contributed by atoms with E-state index in [9.17, 15) is 10.2 Å². The number of para-hydroxylation sites is 1. The topological polar surface area (TPSA) is 90.6 Å². The molecule has 0 aliphatic carbocycles. The van der Waals surface area contributed by atoms with Crippen LogP contribution in [0.15, 0.2) is 84.0 Å². The lowest BCUT2D eigenvalue weighted by Crippen LogP contribution is -2.04. The van der Waals surface area contributed by atoms with Crippen LogP contribution in [0.25, 0.3) is 22.5 Å². The Bertz CT molecular complexity index is 1250. The van der Waals surface area contributed by atoms with Crippen molar-refractivity contribution in [1.82, 2.24) is 9.97 Å². The lowest BCUT2D eigenvalue weighted by atomic mass is 10.1. The van der Waals surface area contributed by atoms with Gasteiger partial charge in [-0.3, -0.25) is 0 Å². The van der Waals surface area contributed by atoms with Gasteiger partial charge in [0.15, 0.2) is 0 Å². The largest absolute Gasteiger partial charge is 0.508 e. The zero-order chi connectivity index (χ0) is 21.8. The second-order valence-electron chi connectivity index (χ2n) is 7.16. The van der Waals surface area contributed by atoms with E-state index in [4.69, 9.17) is 0 Å². The van der Waals surface area contributed by atoms with Crippen molar-refractivity contribution in [2.45, 2.75) is 13.8 Å². The summed E-state index contributed by atoms with van der Waals surface area (Å²) in [6, 6.07) is 24.1. The summed E-state index contributed by atoms with van der Waals surface area (Å²) < 4.78 is 0.